The lowest BCUT2D eigenvalue weighted by molar-refractivity contribution is -0.143. The van der Waals surface area contributed by atoms with Crippen LogP contribution in [0.2, 0.25) is 0 Å². The number of hydrogen-bond acceptors (Lipinski definition) is 5. The third kappa shape index (κ3) is 6.24. The van der Waals surface area contributed by atoms with Gasteiger partial charge in [0.2, 0.25) is 0 Å². The summed E-state index contributed by atoms with van der Waals surface area (Å²) in [4.78, 5) is 12.3. The van der Waals surface area contributed by atoms with E-state index < -0.39 is 17.4 Å². The zero-order valence-corrected chi connectivity index (χ0v) is 17.4. The van der Waals surface area contributed by atoms with Crippen molar-refractivity contribution in [1.29, 1.82) is 0 Å². The van der Waals surface area contributed by atoms with Gasteiger partial charge in [-0.05, 0) is 66.8 Å². The summed E-state index contributed by atoms with van der Waals surface area (Å²) in [5.74, 6) is -1.60. The van der Waals surface area contributed by atoms with Crippen LogP contribution < -0.4 is 4.74 Å². The highest BCUT2D eigenvalue weighted by Gasteiger charge is 2.18. The van der Waals surface area contributed by atoms with Crippen LogP contribution in [0.4, 0.5) is 8.78 Å². The normalized spacial score (nSPS) is 13.9. The molecule has 0 aliphatic heterocycles. The van der Waals surface area contributed by atoms with E-state index in [1.54, 1.807) is 6.92 Å². The van der Waals surface area contributed by atoms with E-state index in [2.05, 4.69) is 0 Å². The van der Waals surface area contributed by atoms with Crippen LogP contribution in [0.25, 0.3) is 11.1 Å². The number of thiophene rings is 1. The Balaban J connectivity index is 1.53. The van der Waals surface area contributed by atoms with E-state index in [4.69, 9.17) is 14.2 Å². The molecule has 0 N–H and O–H groups in total. The Morgan fingerprint density at radius 2 is 1.93 bits per heavy atom. The van der Waals surface area contributed by atoms with Crippen molar-refractivity contribution >= 4 is 17.3 Å². The van der Waals surface area contributed by atoms with Crippen LogP contribution in [0.3, 0.4) is 0 Å². The Labute approximate surface area is 173 Å². The number of benzene rings is 1. The highest BCUT2D eigenvalue weighted by molar-refractivity contribution is 7.10. The second kappa shape index (κ2) is 10.7. The van der Waals surface area contributed by atoms with Gasteiger partial charge in [0.25, 0.3) is 0 Å². The first-order chi connectivity index (χ1) is 14.1. The van der Waals surface area contributed by atoms with Crippen LogP contribution in [0.1, 0.15) is 43.9 Å². The second-order valence-corrected chi connectivity index (χ2v) is 8.14. The first kappa shape index (κ1) is 21.7. The number of hydrogen-bond donors (Lipinski definition) is 0. The molecule has 1 aromatic heterocycles. The van der Waals surface area contributed by atoms with Crippen molar-refractivity contribution < 1.29 is 27.8 Å². The van der Waals surface area contributed by atoms with Crippen LogP contribution >= 0.6 is 11.3 Å². The van der Waals surface area contributed by atoms with Gasteiger partial charge in [-0.2, -0.15) is 0 Å². The number of esters is 1. The van der Waals surface area contributed by atoms with Gasteiger partial charge >= 0.3 is 5.97 Å². The first-order valence-electron chi connectivity index (χ1n) is 9.99. The zero-order chi connectivity index (χ0) is 20.6. The van der Waals surface area contributed by atoms with Crippen LogP contribution in [0, 0.1) is 17.6 Å². The fraction of sp³-hybridized carbons (Fsp3) is 0.500. The van der Waals surface area contributed by atoms with E-state index in [-0.39, 0.29) is 19.0 Å². The molecule has 4 nitrogen and oxygen atoms in total. The minimum atomic E-state index is -0.759. The Morgan fingerprint density at radius 1 is 1.17 bits per heavy atom. The highest BCUT2D eigenvalue weighted by atomic mass is 32.1. The van der Waals surface area contributed by atoms with Crippen molar-refractivity contribution in [2.45, 2.75) is 45.6 Å². The lowest BCUT2D eigenvalue weighted by atomic mass is 9.86. The smallest absolute Gasteiger partial charge is 0.305 e. The summed E-state index contributed by atoms with van der Waals surface area (Å²) in [6.45, 7) is 3.36. The molecule has 1 aromatic carbocycles. The first-order valence-corrected chi connectivity index (χ1v) is 10.9. The molecule has 0 atom stereocenters. The predicted octanol–water partition coefficient (Wildman–Crippen LogP) is 5.73. The average molecular weight is 425 g/mol. The second-order valence-electron chi connectivity index (χ2n) is 7.14. The number of carbonyl (C=O) groups is 1. The van der Waals surface area contributed by atoms with Crippen molar-refractivity contribution in [3.05, 3.63) is 40.1 Å². The maximum absolute atomic E-state index is 14.4. The van der Waals surface area contributed by atoms with Gasteiger partial charge in [0.05, 0.1) is 19.8 Å². The summed E-state index contributed by atoms with van der Waals surface area (Å²) in [6, 6.07) is 4.44. The molecule has 0 spiro atoms. The predicted molar refractivity (Wildman–Crippen MR) is 108 cm³/mol. The molecule has 2 aromatic rings. The lowest BCUT2D eigenvalue weighted by Gasteiger charge is -2.24. The molecule has 0 amide bonds. The van der Waals surface area contributed by atoms with E-state index in [9.17, 15) is 13.6 Å². The molecule has 1 aliphatic carbocycles. The van der Waals surface area contributed by atoms with E-state index >= 15 is 0 Å². The third-order valence-electron chi connectivity index (χ3n) is 4.88. The van der Waals surface area contributed by atoms with Gasteiger partial charge in [0.1, 0.15) is 0 Å². The zero-order valence-electron chi connectivity index (χ0n) is 16.5. The maximum Gasteiger partial charge on any atom is 0.305 e. The number of halogens is 2. The van der Waals surface area contributed by atoms with Crippen molar-refractivity contribution in [3.8, 4) is 16.9 Å². The lowest BCUT2D eigenvalue weighted by Crippen LogP contribution is -2.17. The molecule has 0 radical (unpaired) electrons. The Bertz CT molecular complexity index is 794. The molecule has 29 heavy (non-hydrogen) atoms. The van der Waals surface area contributed by atoms with Crippen LogP contribution in [-0.4, -0.2) is 25.8 Å². The molecule has 1 aliphatic rings. The SMILES string of the molecule is CCOC(=O)CCCOc1c(F)cc(-c2csc(COCC3CCC3)c2)cc1F. The molecule has 1 saturated carbocycles. The molecular formula is C22H26F2O4S. The van der Waals surface area contributed by atoms with E-state index in [0.717, 1.165) is 17.0 Å². The van der Waals surface area contributed by atoms with Crippen molar-refractivity contribution in [3.63, 3.8) is 0 Å². The summed E-state index contributed by atoms with van der Waals surface area (Å²) >= 11 is 1.52. The molecule has 3 rings (SSSR count). The van der Waals surface area contributed by atoms with E-state index in [0.29, 0.717) is 31.1 Å². The third-order valence-corrected chi connectivity index (χ3v) is 5.80. The minimum absolute atomic E-state index is 0.0347. The topological polar surface area (TPSA) is 44.8 Å². The maximum atomic E-state index is 14.4. The van der Waals surface area contributed by atoms with Crippen molar-refractivity contribution in [2.75, 3.05) is 19.8 Å². The van der Waals surface area contributed by atoms with E-state index in [1.807, 2.05) is 11.4 Å². The summed E-state index contributed by atoms with van der Waals surface area (Å²) in [5.41, 5.74) is 1.21. The molecule has 0 saturated heterocycles. The van der Waals surface area contributed by atoms with Gasteiger partial charge in [-0.25, -0.2) is 8.78 Å². The van der Waals surface area contributed by atoms with Gasteiger partial charge in [0, 0.05) is 17.9 Å². The Hall–Kier alpha value is -1.99. The van der Waals surface area contributed by atoms with Crippen LogP contribution in [0.15, 0.2) is 23.6 Å². The summed E-state index contributed by atoms with van der Waals surface area (Å²) < 4.78 is 44.5. The van der Waals surface area contributed by atoms with Gasteiger partial charge < -0.3 is 14.2 Å². The Kier molecular flexibility index (Phi) is 8.00. The largest absolute Gasteiger partial charge is 0.488 e. The minimum Gasteiger partial charge on any atom is -0.488 e. The van der Waals surface area contributed by atoms with Crippen LogP contribution in [-0.2, 0) is 20.9 Å². The monoisotopic (exact) mass is 424 g/mol. The molecule has 7 heteroatoms. The van der Waals surface area contributed by atoms with Gasteiger partial charge in [-0.15, -0.1) is 11.3 Å². The number of ether oxygens (including phenoxy) is 3. The molecule has 1 fully saturated rings. The van der Waals surface area contributed by atoms with Gasteiger partial charge in [0.15, 0.2) is 17.4 Å². The molecular weight excluding hydrogens is 398 g/mol. The summed E-state index contributed by atoms with van der Waals surface area (Å²) in [6.07, 6.45) is 4.25. The van der Waals surface area contributed by atoms with Crippen molar-refractivity contribution in [1.82, 2.24) is 0 Å². The molecule has 158 valence electrons. The quantitative estimate of drug-likeness (QED) is 0.341. The average Bonchev–Trinajstić information content (AvgIpc) is 3.11. The standard InChI is InChI=1S/C22H26F2O4S/c1-2-27-21(25)7-4-8-28-22-19(23)10-16(11-20(22)24)17-9-18(29-14-17)13-26-12-15-5-3-6-15/h9-11,14-15H,2-8,12-13H2,1H3. The summed E-state index contributed by atoms with van der Waals surface area (Å²) in [5, 5.41) is 1.87. The number of rotatable bonds is 11. The van der Waals surface area contributed by atoms with Gasteiger partial charge in [-0.3, -0.25) is 4.79 Å². The number of carbonyl (C=O) groups excluding carboxylic acids is 1. The molecule has 0 unspecified atom stereocenters. The van der Waals surface area contributed by atoms with E-state index in [1.165, 1.54) is 42.7 Å². The van der Waals surface area contributed by atoms with Crippen LogP contribution in [0.5, 0.6) is 5.75 Å². The Morgan fingerprint density at radius 3 is 2.59 bits per heavy atom. The van der Waals surface area contributed by atoms with Gasteiger partial charge in [-0.1, -0.05) is 6.42 Å². The highest BCUT2D eigenvalue weighted by Crippen LogP contribution is 2.32. The molecule has 0 bridgehead atoms. The molecule has 1 heterocycles. The fourth-order valence-electron chi connectivity index (χ4n) is 3.08. The fourth-order valence-corrected chi connectivity index (χ4v) is 3.91. The summed E-state index contributed by atoms with van der Waals surface area (Å²) in [7, 11) is 0. The van der Waals surface area contributed by atoms with Crippen molar-refractivity contribution in [2.24, 2.45) is 5.92 Å².